The van der Waals surface area contributed by atoms with Gasteiger partial charge in [-0.1, -0.05) is 0 Å². The molecule has 0 aliphatic rings. The van der Waals surface area contributed by atoms with Crippen LogP contribution in [0.1, 0.15) is 22.0 Å². The smallest absolute Gasteiger partial charge is 0.251 e. The van der Waals surface area contributed by atoms with Gasteiger partial charge in [0.2, 0.25) is 0 Å². The second-order valence-corrected chi connectivity index (χ2v) is 5.49. The lowest BCUT2D eigenvalue weighted by atomic mass is 10.2. The van der Waals surface area contributed by atoms with Crippen LogP contribution in [0.3, 0.4) is 0 Å². The average molecular weight is 328 g/mol. The van der Waals surface area contributed by atoms with Crippen molar-refractivity contribution in [3.05, 3.63) is 41.7 Å². The number of ether oxygens (including phenoxy) is 1. The van der Waals surface area contributed by atoms with Crippen molar-refractivity contribution < 1.29 is 9.53 Å². The molecule has 0 bridgehead atoms. The fourth-order valence-electron chi connectivity index (χ4n) is 2.52. The number of carbonyl (C=O) groups is 1. The van der Waals surface area contributed by atoms with Gasteiger partial charge in [-0.05, 0) is 25.1 Å². The summed E-state index contributed by atoms with van der Waals surface area (Å²) in [6, 6.07) is 5.43. The molecule has 1 aromatic carbocycles. The third kappa shape index (κ3) is 3.60. The zero-order valence-electron chi connectivity index (χ0n) is 13.7. The number of rotatable bonds is 7. The topological polar surface area (TPSA) is 97.7 Å². The Balaban J connectivity index is 1.57. The van der Waals surface area contributed by atoms with E-state index in [0.29, 0.717) is 31.7 Å². The summed E-state index contributed by atoms with van der Waals surface area (Å²) in [5, 5.41) is 10.9. The van der Waals surface area contributed by atoms with Crippen molar-refractivity contribution >= 4 is 16.9 Å². The first-order chi connectivity index (χ1) is 11.7. The molecule has 2 aromatic heterocycles. The maximum Gasteiger partial charge on any atom is 0.251 e. The van der Waals surface area contributed by atoms with Crippen LogP contribution in [0.25, 0.3) is 11.0 Å². The molecule has 0 radical (unpaired) electrons. The van der Waals surface area contributed by atoms with Gasteiger partial charge in [-0.2, -0.15) is 0 Å². The number of carbonyl (C=O) groups excluding carboxylic acids is 1. The molecule has 0 fully saturated rings. The first-order valence-corrected chi connectivity index (χ1v) is 7.77. The number of benzene rings is 1. The minimum Gasteiger partial charge on any atom is -0.383 e. The number of nitrogens with one attached hydrogen (secondary N) is 2. The van der Waals surface area contributed by atoms with Gasteiger partial charge in [-0.15, -0.1) is 10.2 Å². The zero-order valence-corrected chi connectivity index (χ0v) is 13.7. The van der Waals surface area contributed by atoms with Crippen molar-refractivity contribution in [2.45, 2.75) is 19.9 Å². The van der Waals surface area contributed by atoms with E-state index in [1.165, 1.54) is 0 Å². The van der Waals surface area contributed by atoms with Crippen molar-refractivity contribution in [2.24, 2.45) is 0 Å². The SMILES string of the molecule is COCCn1cnnc1CCNC(=O)c1ccc2nc(C)[nH]c2c1. The highest BCUT2D eigenvalue weighted by molar-refractivity contribution is 5.97. The van der Waals surface area contributed by atoms with Gasteiger partial charge >= 0.3 is 0 Å². The lowest BCUT2D eigenvalue weighted by molar-refractivity contribution is 0.0954. The third-order valence-electron chi connectivity index (χ3n) is 3.73. The normalized spacial score (nSPS) is 11.1. The van der Waals surface area contributed by atoms with Gasteiger partial charge in [-0.3, -0.25) is 4.79 Å². The number of imidazole rings is 1. The highest BCUT2D eigenvalue weighted by Crippen LogP contribution is 2.13. The van der Waals surface area contributed by atoms with Crippen molar-refractivity contribution in [1.82, 2.24) is 30.0 Å². The summed E-state index contributed by atoms with van der Waals surface area (Å²) in [6.07, 6.45) is 2.28. The molecule has 0 atom stereocenters. The number of nitrogens with zero attached hydrogens (tertiary/aromatic N) is 4. The quantitative estimate of drug-likeness (QED) is 0.676. The molecule has 3 rings (SSSR count). The van der Waals surface area contributed by atoms with Crippen LogP contribution in [0.5, 0.6) is 0 Å². The summed E-state index contributed by atoms with van der Waals surface area (Å²) in [5.74, 6) is 1.54. The zero-order chi connectivity index (χ0) is 16.9. The van der Waals surface area contributed by atoms with Crippen molar-refractivity contribution in [3.63, 3.8) is 0 Å². The van der Waals surface area contributed by atoms with Crippen LogP contribution in [-0.4, -0.2) is 50.9 Å². The van der Waals surface area contributed by atoms with E-state index in [-0.39, 0.29) is 5.91 Å². The highest BCUT2D eigenvalue weighted by Gasteiger charge is 2.09. The summed E-state index contributed by atoms with van der Waals surface area (Å²) >= 11 is 0. The average Bonchev–Trinajstić information content (AvgIpc) is 3.17. The van der Waals surface area contributed by atoms with Crippen molar-refractivity contribution in [3.8, 4) is 0 Å². The van der Waals surface area contributed by atoms with Gasteiger partial charge < -0.3 is 19.6 Å². The molecule has 0 saturated heterocycles. The Bertz CT molecular complexity index is 838. The number of fused-ring (bicyclic) bond motifs is 1. The molecule has 0 aliphatic heterocycles. The predicted molar refractivity (Wildman–Crippen MR) is 88.8 cm³/mol. The van der Waals surface area contributed by atoms with Crippen molar-refractivity contribution in [1.29, 1.82) is 0 Å². The summed E-state index contributed by atoms with van der Waals surface area (Å²) in [4.78, 5) is 19.7. The number of amides is 1. The number of H-pyrrole nitrogens is 1. The van der Waals surface area contributed by atoms with Crippen LogP contribution in [0, 0.1) is 6.92 Å². The van der Waals surface area contributed by atoms with Crippen LogP contribution in [0.15, 0.2) is 24.5 Å². The summed E-state index contributed by atoms with van der Waals surface area (Å²) in [6.45, 7) is 3.67. The Morgan fingerprint density at radius 3 is 3.12 bits per heavy atom. The van der Waals surface area contributed by atoms with E-state index in [0.717, 1.165) is 22.7 Å². The Morgan fingerprint density at radius 2 is 2.29 bits per heavy atom. The maximum absolute atomic E-state index is 12.3. The lowest BCUT2D eigenvalue weighted by Crippen LogP contribution is -2.26. The maximum atomic E-state index is 12.3. The summed E-state index contributed by atoms with van der Waals surface area (Å²) in [5.41, 5.74) is 2.32. The fraction of sp³-hybridized carbons (Fsp3) is 0.375. The molecule has 1 amide bonds. The molecule has 0 saturated carbocycles. The molecule has 2 N–H and O–H groups in total. The van der Waals surface area contributed by atoms with Crippen LogP contribution < -0.4 is 5.32 Å². The largest absolute Gasteiger partial charge is 0.383 e. The highest BCUT2D eigenvalue weighted by atomic mass is 16.5. The van der Waals surface area contributed by atoms with Gasteiger partial charge in [0, 0.05) is 32.2 Å². The Kier molecular flexibility index (Phi) is 4.85. The van der Waals surface area contributed by atoms with Gasteiger partial charge in [0.25, 0.3) is 5.91 Å². The number of hydrogen-bond acceptors (Lipinski definition) is 5. The predicted octanol–water partition coefficient (Wildman–Crippen LogP) is 1.08. The Labute approximate surface area is 139 Å². The molecule has 126 valence electrons. The minimum atomic E-state index is -0.118. The van der Waals surface area contributed by atoms with E-state index in [4.69, 9.17) is 4.74 Å². The van der Waals surface area contributed by atoms with Crippen LogP contribution >= 0.6 is 0 Å². The molecule has 0 spiro atoms. The van der Waals surface area contributed by atoms with E-state index in [1.807, 2.05) is 23.6 Å². The monoisotopic (exact) mass is 328 g/mol. The number of aryl methyl sites for hydroxylation is 1. The molecular formula is C16H20N6O2. The first-order valence-electron chi connectivity index (χ1n) is 7.77. The number of methoxy groups -OCH3 is 1. The van der Waals surface area contributed by atoms with Gasteiger partial charge in [-0.25, -0.2) is 4.98 Å². The molecule has 0 unspecified atom stereocenters. The van der Waals surface area contributed by atoms with E-state index in [2.05, 4.69) is 25.5 Å². The second kappa shape index (κ2) is 7.22. The molecule has 8 nitrogen and oxygen atoms in total. The third-order valence-corrected chi connectivity index (χ3v) is 3.73. The van der Waals surface area contributed by atoms with Crippen LogP contribution in [-0.2, 0) is 17.7 Å². The van der Waals surface area contributed by atoms with Crippen LogP contribution in [0.4, 0.5) is 0 Å². The summed E-state index contributed by atoms with van der Waals surface area (Å²) < 4.78 is 6.98. The molecule has 8 heteroatoms. The van der Waals surface area contributed by atoms with Gasteiger partial charge in [0.15, 0.2) is 0 Å². The Morgan fingerprint density at radius 1 is 1.42 bits per heavy atom. The van der Waals surface area contributed by atoms with Crippen molar-refractivity contribution in [2.75, 3.05) is 20.3 Å². The van der Waals surface area contributed by atoms with E-state index in [1.54, 1.807) is 19.5 Å². The molecular weight excluding hydrogens is 308 g/mol. The molecule has 0 aliphatic carbocycles. The van der Waals surface area contributed by atoms with Gasteiger partial charge in [0.05, 0.1) is 17.6 Å². The fourth-order valence-corrected chi connectivity index (χ4v) is 2.52. The molecule has 24 heavy (non-hydrogen) atoms. The molecule has 3 aromatic rings. The molecule has 2 heterocycles. The number of aromatic amines is 1. The number of aromatic nitrogens is 5. The lowest BCUT2D eigenvalue weighted by Gasteiger charge is -2.07. The number of hydrogen-bond donors (Lipinski definition) is 2. The van der Waals surface area contributed by atoms with E-state index >= 15 is 0 Å². The first kappa shape index (κ1) is 16.1. The van der Waals surface area contributed by atoms with Gasteiger partial charge in [0.1, 0.15) is 18.0 Å². The minimum absolute atomic E-state index is 0.118. The van der Waals surface area contributed by atoms with E-state index < -0.39 is 0 Å². The Hall–Kier alpha value is -2.74. The second-order valence-electron chi connectivity index (χ2n) is 5.49. The van der Waals surface area contributed by atoms with E-state index in [9.17, 15) is 4.79 Å². The van der Waals surface area contributed by atoms with Crippen LogP contribution in [0.2, 0.25) is 0 Å². The summed E-state index contributed by atoms with van der Waals surface area (Å²) in [7, 11) is 1.66. The standard InChI is InChI=1S/C16H20N6O2/c1-11-19-13-4-3-12(9-14(13)20-11)16(23)17-6-5-15-21-18-10-22(15)7-8-24-2/h3-4,9-10H,5-8H2,1-2H3,(H,17,23)(H,19,20).